The van der Waals surface area contributed by atoms with Gasteiger partial charge in [-0.2, -0.15) is 0 Å². The molecule has 1 heteroatoms. The van der Waals surface area contributed by atoms with Crippen molar-refractivity contribution in [2.24, 2.45) is 0 Å². The van der Waals surface area contributed by atoms with Crippen molar-refractivity contribution in [3.05, 3.63) is 197 Å². The van der Waals surface area contributed by atoms with Crippen LogP contribution in [-0.4, -0.2) is 4.98 Å². The standard InChI is InChI=1S/C50H45N/c1-48(2,3)40-25-27-42-43-28-26-41(49(4,5)6)33-45(43)50(44(42)32-40,39-21-14-9-15-22-39)47-24-16-23-46(51-47)38-30-36(34-17-10-7-11-18-34)29-37(31-38)35-19-12-8-13-20-35/h7-33H,1-6H3. The van der Waals surface area contributed by atoms with Gasteiger partial charge >= 0.3 is 0 Å². The highest BCUT2D eigenvalue weighted by Gasteiger charge is 2.48. The minimum Gasteiger partial charge on any atom is -0.251 e. The first-order valence-electron chi connectivity index (χ1n) is 18.1. The Morgan fingerprint density at radius 3 is 1.31 bits per heavy atom. The molecule has 0 amide bonds. The lowest BCUT2D eigenvalue weighted by Crippen LogP contribution is -2.31. The van der Waals surface area contributed by atoms with Gasteiger partial charge in [0.15, 0.2) is 0 Å². The monoisotopic (exact) mass is 659 g/mol. The molecule has 0 atom stereocenters. The number of benzene rings is 6. The Kier molecular flexibility index (Phi) is 7.91. The molecule has 0 N–H and O–H groups in total. The van der Waals surface area contributed by atoms with Gasteiger partial charge < -0.3 is 0 Å². The average Bonchev–Trinajstić information content (AvgIpc) is 3.45. The fraction of sp³-hybridized carbons (Fsp3) is 0.180. The molecule has 6 aromatic carbocycles. The Labute approximate surface area is 303 Å². The molecule has 51 heavy (non-hydrogen) atoms. The molecule has 1 aliphatic rings. The lowest BCUT2D eigenvalue weighted by Gasteiger charge is -2.34. The summed E-state index contributed by atoms with van der Waals surface area (Å²) in [7, 11) is 0. The van der Waals surface area contributed by atoms with Crippen molar-refractivity contribution < 1.29 is 0 Å². The quantitative estimate of drug-likeness (QED) is 0.179. The summed E-state index contributed by atoms with van der Waals surface area (Å²) in [5.74, 6) is 0. The Bertz CT molecular complexity index is 2230. The SMILES string of the molecule is CC(C)(C)c1ccc2c(c1)C(c1ccccc1)(c1cccc(-c3cc(-c4ccccc4)cc(-c4ccccc4)c3)n1)c1cc(C(C)(C)C)ccc1-2. The first kappa shape index (κ1) is 32.7. The van der Waals surface area contributed by atoms with Gasteiger partial charge in [0.2, 0.25) is 0 Å². The van der Waals surface area contributed by atoms with E-state index in [-0.39, 0.29) is 10.8 Å². The van der Waals surface area contributed by atoms with E-state index in [0.717, 1.165) is 17.0 Å². The molecule has 1 aromatic heterocycles. The van der Waals surface area contributed by atoms with Gasteiger partial charge in [0.1, 0.15) is 0 Å². The van der Waals surface area contributed by atoms with Crippen molar-refractivity contribution in [3.63, 3.8) is 0 Å². The van der Waals surface area contributed by atoms with Crippen molar-refractivity contribution in [3.8, 4) is 44.6 Å². The summed E-state index contributed by atoms with van der Waals surface area (Å²) in [4.78, 5) is 5.72. The molecule has 0 bridgehead atoms. The number of aromatic nitrogens is 1. The third kappa shape index (κ3) is 5.71. The van der Waals surface area contributed by atoms with Gasteiger partial charge in [-0.05, 0) is 102 Å². The molecule has 250 valence electrons. The molecule has 7 aromatic rings. The maximum Gasteiger partial charge on any atom is 0.0886 e. The lowest BCUT2D eigenvalue weighted by atomic mass is 9.68. The van der Waals surface area contributed by atoms with Crippen LogP contribution in [0.2, 0.25) is 0 Å². The van der Waals surface area contributed by atoms with Crippen molar-refractivity contribution in [2.45, 2.75) is 57.8 Å². The van der Waals surface area contributed by atoms with Gasteiger partial charge in [0, 0.05) is 5.56 Å². The van der Waals surface area contributed by atoms with Crippen molar-refractivity contribution in [2.75, 3.05) is 0 Å². The van der Waals surface area contributed by atoms with Crippen LogP contribution in [0.1, 0.15) is 75.1 Å². The Morgan fingerprint density at radius 2 is 0.843 bits per heavy atom. The van der Waals surface area contributed by atoms with Crippen LogP contribution in [0.3, 0.4) is 0 Å². The van der Waals surface area contributed by atoms with Crippen LogP contribution in [0.5, 0.6) is 0 Å². The van der Waals surface area contributed by atoms with Crippen LogP contribution in [0.15, 0.2) is 164 Å². The van der Waals surface area contributed by atoms with E-state index in [9.17, 15) is 0 Å². The molecule has 0 saturated carbocycles. The van der Waals surface area contributed by atoms with E-state index >= 15 is 0 Å². The van der Waals surface area contributed by atoms with E-state index in [1.165, 1.54) is 61.2 Å². The largest absolute Gasteiger partial charge is 0.251 e. The highest BCUT2D eigenvalue weighted by atomic mass is 14.8. The minimum absolute atomic E-state index is 0.0101. The summed E-state index contributed by atoms with van der Waals surface area (Å²) in [6.07, 6.45) is 0. The molecule has 1 aliphatic carbocycles. The van der Waals surface area contributed by atoms with Crippen molar-refractivity contribution in [1.29, 1.82) is 0 Å². The van der Waals surface area contributed by atoms with Crippen molar-refractivity contribution >= 4 is 0 Å². The fourth-order valence-corrected chi connectivity index (χ4v) is 7.85. The first-order valence-corrected chi connectivity index (χ1v) is 18.1. The fourth-order valence-electron chi connectivity index (χ4n) is 7.85. The molecule has 0 unspecified atom stereocenters. The molecule has 1 heterocycles. The summed E-state index contributed by atoms with van der Waals surface area (Å²) in [6.45, 7) is 13.8. The number of fused-ring (bicyclic) bond motifs is 3. The van der Waals surface area contributed by atoms with Crippen LogP contribution in [0, 0.1) is 0 Å². The second-order valence-corrected chi connectivity index (χ2v) is 16.1. The van der Waals surface area contributed by atoms with E-state index in [1.807, 2.05) is 0 Å². The second-order valence-electron chi connectivity index (χ2n) is 16.1. The van der Waals surface area contributed by atoms with Crippen LogP contribution < -0.4 is 0 Å². The number of rotatable bonds is 5. The summed E-state index contributed by atoms with van der Waals surface area (Å²) >= 11 is 0. The van der Waals surface area contributed by atoms with Crippen LogP contribution >= 0.6 is 0 Å². The number of pyridine rings is 1. The molecular formula is C50H45N. The summed E-state index contributed by atoms with van der Waals surface area (Å²) in [5, 5.41) is 0. The van der Waals surface area contributed by atoms with Gasteiger partial charge in [-0.3, -0.25) is 4.98 Å². The molecule has 0 saturated heterocycles. The normalized spacial score (nSPS) is 13.5. The molecule has 8 rings (SSSR count). The maximum absolute atomic E-state index is 5.72. The van der Waals surface area contributed by atoms with Crippen LogP contribution in [-0.2, 0) is 16.2 Å². The molecule has 0 radical (unpaired) electrons. The van der Waals surface area contributed by atoms with E-state index in [4.69, 9.17) is 4.98 Å². The number of hydrogen-bond acceptors (Lipinski definition) is 1. The Balaban J connectivity index is 1.43. The zero-order chi connectivity index (χ0) is 35.4. The highest BCUT2D eigenvalue weighted by molar-refractivity contribution is 5.87. The minimum atomic E-state index is -0.607. The summed E-state index contributed by atoms with van der Waals surface area (Å²) in [6, 6.07) is 60.3. The predicted molar refractivity (Wildman–Crippen MR) is 215 cm³/mol. The third-order valence-electron chi connectivity index (χ3n) is 10.7. The Morgan fingerprint density at radius 1 is 0.392 bits per heavy atom. The van der Waals surface area contributed by atoms with Gasteiger partial charge in [-0.1, -0.05) is 175 Å². The topological polar surface area (TPSA) is 12.9 Å². The predicted octanol–water partition coefficient (Wildman–Crippen LogP) is 13.0. The zero-order valence-corrected chi connectivity index (χ0v) is 30.5. The summed E-state index contributed by atoms with van der Waals surface area (Å²) < 4.78 is 0. The van der Waals surface area contributed by atoms with E-state index in [0.29, 0.717) is 0 Å². The second kappa shape index (κ2) is 12.4. The van der Waals surface area contributed by atoms with E-state index in [2.05, 4.69) is 205 Å². The Hall–Kier alpha value is -5.53. The van der Waals surface area contributed by atoms with Gasteiger partial charge in [0.05, 0.1) is 16.8 Å². The maximum atomic E-state index is 5.72. The van der Waals surface area contributed by atoms with Gasteiger partial charge in [0.25, 0.3) is 0 Å². The van der Waals surface area contributed by atoms with Crippen LogP contribution in [0.25, 0.3) is 44.6 Å². The molecule has 0 spiro atoms. The zero-order valence-electron chi connectivity index (χ0n) is 30.5. The van der Waals surface area contributed by atoms with Crippen LogP contribution in [0.4, 0.5) is 0 Å². The molecule has 1 nitrogen and oxygen atoms in total. The lowest BCUT2D eigenvalue weighted by molar-refractivity contribution is 0.585. The van der Waals surface area contributed by atoms with E-state index < -0.39 is 5.41 Å². The van der Waals surface area contributed by atoms with E-state index in [1.54, 1.807) is 0 Å². The molecule has 0 fully saturated rings. The highest BCUT2D eigenvalue weighted by Crippen LogP contribution is 2.57. The van der Waals surface area contributed by atoms with Gasteiger partial charge in [-0.25, -0.2) is 0 Å². The first-order chi connectivity index (χ1) is 24.5. The van der Waals surface area contributed by atoms with Crippen molar-refractivity contribution in [1.82, 2.24) is 4.98 Å². The number of nitrogens with zero attached hydrogens (tertiary/aromatic N) is 1. The average molecular weight is 660 g/mol. The molecule has 0 aliphatic heterocycles. The molecular weight excluding hydrogens is 615 g/mol. The third-order valence-corrected chi connectivity index (χ3v) is 10.7. The number of hydrogen-bond donors (Lipinski definition) is 0. The van der Waals surface area contributed by atoms with Gasteiger partial charge in [-0.15, -0.1) is 0 Å². The smallest absolute Gasteiger partial charge is 0.0886 e. The summed E-state index contributed by atoms with van der Waals surface area (Å²) in [5.41, 5.74) is 16.3.